The number of aryl methyl sites for hydroxylation is 1. The number of Topliss-reactive ketones (excluding diaryl/α,β-unsaturated/α-hetero) is 1. The van der Waals surface area contributed by atoms with Gasteiger partial charge in [-0.1, -0.05) is 29.8 Å². The number of carbonyl (C=O) groups excluding carboxylic acids is 2. The van der Waals surface area contributed by atoms with Gasteiger partial charge in [-0.05, 0) is 48.9 Å². The first-order valence-corrected chi connectivity index (χ1v) is 11.6. The van der Waals surface area contributed by atoms with Gasteiger partial charge in [-0.25, -0.2) is 9.78 Å². The van der Waals surface area contributed by atoms with Crippen molar-refractivity contribution in [3.05, 3.63) is 88.5 Å². The largest absolute Gasteiger partial charge is 0.507 e. The SMILES string of the molecule is COc1ccc(/C(O)=C2\C(=O)C(=O)N(c3nc4ccc(C(=O)O)cc4[nH]3)C2c2cccc(C)c2)cc1OC. The Morgan fingerprint density at radius 2 is 1.68 bits per heavy atom. The molecule has 0 aliphatic carbocycles. The second kappa shape index (κ2) is 9.40. The molecule has 10 heteroatoms. The number of rotatable bonds is 6. The number of hydrogen-bond donors (Lipinski definition) is 3. The molecule has 5 rings (SSSR count). The van der Waals surface area contributed by atoms with Crippen LogP contribution in [0, 0.1) is 6.92 Å². The maximum Gasteiger partial charge on any atom is 0.335 e. The highest BCUT2D eigenvalue weighted by Gasteiger charge is 2.48. The number of aromatic carboxylic acids is 1. The van der Waals surface area contributed by atoms with E-state index < -0.39 is 23.7 Å². The summed E-state index contributed by atoms with van der Waals surface area (Å²) in [6, 6.07) is 15.2. The van der Waals surface area contributed by atoms with Gasteiger partial charge in [-0.3, -0.25) is 14.5 Å². The minimum atomic E-state index is -1.11. The Kier molecular flexibility index (Phi) is 6.08. The van der Waals surface area contributed by atoms with Gasteiger partial charge in [0.15, 0.2) is 11.5 Å². The number of nitrogens with one attached hydrogen (secondary N) is 1. The van der Waals surface area contributed by atoms with Crippen molar-refractivity contribution in [3.8, 4) is 11.5 Å². The molecule has 4 aromatic rings. The fourth-order valence-electron chi connectivity index (χ4n) is 4.59. The predicted octanol–water partition coefficient (Wildman–Crippen LogP) is 4.21. The lowest BCUT2D eigenvalue weighted by Crippen LogP contribution is -2.30. The van der Waals surface area contributed by atoms with Crippen LogP contribution in [0.1, 0.15) is 33.1 Å². The van der Waals surface area contributed by atoms with E-state index in [0.29, 0.717) is 28.1 Å². The third-order valence-corrected chi connectivity index (χ3v) is 6.40. The van der Waals surface area contributed by atoms with Crippen molar-refractivity contribution in [1.29, 1.82) is 0 Å². The zero-order valence-corrected chi connectivity index (χ0v) is 20.7. The standard InChI is InChI=1S/C28H23N3O7/c1-14-5-4-6-15(11-14)23-22(24(32)16-8-10-20(37-2)21(13-16)38-3)25(33)26(34)31(23)28-29-18-9-7-17(27(35)36)12-19(18)30-28/h4-13,23,32H,1-3H3,(H,29,30)(H,35,36)/b24-22+. The normalized spacial score (nSPS) is 16.7. The second-order valence-electron chi connectivity index (χ2n) is 8.75. The summed E-state index contributed by atoms with van der Waals surface area (Å²) in [6.45, 7) is 1.87. The smallest absolute Gasteiger partial charge is 0.335 e. The molecule has 0 radical (unpaired) electrons. The van der Waals surface area contributed by atoms with Crippen molar-refractivity contribution in [3.63, 3.8) is 0 Å². The number of anilines is 1. The molecule has 1 saturated heterocycles. The molecule has 3 N–H and O–H groups in total. The summed E-state index contributed by atoms with van der Waals surface area (Å²) in [7, 11) is 2.93. The Balaban J connectivity index is 1.72. The molecule has 1 atom stereocenters. The molecule has 1 unspecified atom stereocenters. The van der Waals surface area contributed by atoms with Gasteiger partial charge >= 0.3 is 11.9 Å². The summed E-state index contributed by atoms with van der Waals surface area (Å²) in [4.78, 5) is 46.9. The van der Waals surface area contributed by atoms with Crippen LogP contribution < -0.4 is 14.4 Å². The summed E-state index contributed by atoms with van der Waals surface area (Å²) in [5.74, 6) is -2.47. The lowest BCUT2D eigenvalue weighted by molar-refractivity contribution is -0.132. The van der Waals surface area contributed by atoms with Crippen LogP contribution in [0.4, 0.5) is 5.95 Å². The van der Waals surface area contributed by atoms with E-state index in [4.69, 9.17) is 9.47 Å². The summed E-state index contributed by atoms with van der Waals surface area (Å²) < 4.78 is 10.6. The van der Waals surface area contributed by atoms with E-state index in [2.05, 4.69) is 9.97 Å². The molecule has 10 nitrogen and oxygen atoms in total. The minimum Gasteiger partial charge on any atom is -0.507 e. The van der Waals surface area contributed by atoms with Gasteiger partial charge in [0.1, 0.15) is 5.76 Å². The van der Waals surface area contributed by atoms with Crippen molar-refractivity contribution in [2.45, 2.75) is 13.0 Å². The quantitative estimate of drug-likeness (QED) is 0.198. The summed E-state index contributed by atoms with van der Waals surface area (Å²) in [5, 5.41) is 20.7. The van der Waals surface area contributed by atoms with E-state index in [-0.39, 0.29) is 28.4 Å². The number of fused-ring (bicyclic) bond motifs is 1. The van der Waals surface area contributed by atoms with E-state index in [9.17, 15) is 24.6 Å². The van der Waals surface area contributed by atoms with Crippen LogP contribution in [0.25, 0.3) is 16.8 Å². The number of aliphatic hydroxyl groups is 1. The Bertz CT molecular complexity index is 1650. The second-order valence-corrected chi connectivity index (χ2v) is 8.75. The number of carboxylic acids is 1. The fraction of sp³-hybridized carbons (Fsp3) is 0.143. The van der Waals surface area contributed by atoms with E-state index in [1.54, 1.807) is 24.3 Å². The van der Waals surface area contributed by atoms with Gasteiger partial charge in [-0.2, -0.15) is 0 Å². The summed E-state index contributed by atoms with van der Waals surface area (Å²) in [6.07, 6.45) is 0. The third kappa shape index (κ3) is 4.01. The first-order valence-electron chi connectivity index (χ1n) is 11.6. The molecule has 192 valence electrons. The topological polar surface area (TPSA) is 142 Å². The van der Waals surface area contributed by atoms with E-state index >= 15 is 0 Å². The molecule has 38 heavy (non-hydrogen) atoms. The number of H-pyrrole nitrogens is 1. The number of aromatic amines is 1. The van der Waals surface area contributed by atoms with Gasteiger partial charge in [-0.15, -0.1) is 0 Å². The number of hydrogen-bond acceptors (Lipinski definition) is 7. The van der Waals surface area contributed by atoms with Gasteiger partial charge in [0.25, 0.3) is 5.78 Å². The molecule has 0 saturated carbocycles. The summed E-state index contributed by atoms with van der Waals surface area (Å²) in [5.41, 5.74) is 2.43. The first-order chi connectivity index (χ1) is 18.2. The molecule has 2 heterocycles. The van der Waals surface area contributed by atoms with Crippen molar-refractivity contribution in [1.82, 2.24) is 9.97 Å². The van der Waals surface area contributed by atoms with Crippen LogP contribution in [0.15, 0.2) is 66.2 Å². The molecule has 1 fully saturated rings. The van der Waals surface area contributed by atoms with Crippen LogP contribution in [-0.2, 0) is 9.59 Å². The number of ketones is 1. The van der Waals surface area contributed by atoms with Gasteiger partial charge in [0.2, 0.25) is 5.95 Å². The zero-order chi connectivity index (χ0) is 27.1. The maximum absolute atomic E-state index is 13.4. The first kappa shape index (κ1) is 24.6. The monoisotopic (exact) mass is 513 g/mol. The highest BCUT2D eigenvalue weighted by molar-refractivity contribution is 6.51. The number of ether oxygens (including phenoxy) is 2. The number of imidazole rings is 1. The number of methoxy groups -OCH3 is 2. The Morgan fingerprint density at radius 1 is 0.947 bits per heavy atom. The van der Waals surface area contributed by atoms with Gasteiger partial charge < -0.3 is 24.7 Å². The highest BCUT2D eigenvalue weighted by atomic mass is 16.5. The number of carboxylic acid groups (broad SMARTS) is 1. The van der Waals surface area contributed by atoms with Crippen molar-refractivity contribution in [2.24, 2.45) is 0 Å². The predicted molar refractivity (Wildman–Crippen MR) is 139 cm³/mol. The average Bonchev–Trinajstić information content (AvgIpc) is 3.45. The van der Waals surface area contributed by atoms with Crippen LogP contribution >= 0.6 is 0 Å². The third-order valence-electron chi connectivity index (χ3n) is 6.40. The number of amides is 1. The lowest BCUT2D eigenvalue weighted by Gasteiger charge is -2.23. The minimum absolute atomic E-state index is 0.0402. The zero-order valence-electron chi connectivity index (χ0n) is 20.7. The van der Waals surface area contributed by atoms with E-state index in [1.165, 1.54) is 43.4 Å². The molecule has 3 aromatic carbocycles. The lowest BCUT2D eigenvalue weighted by atomic mass is 9.94. The number of benzene rings is 3. The molecular weight excluding hydrogens is 490 g/mol. The fourth-order valence-corrected chi connectivity index (χ4v) is 4.59. The number of aliphatic hydroxyl groups excluding tert-OH is 1. The maximum atomic E-state index is 13.4. The Morgan fingerprint density at radius 3 is 2.37 bits per heavy atom. The Hall–Kier alpha value is -5.12. The number of nitrogens with zero attached hydrogens (tertiary/aromatic N) is 2. The van der Waals surface area contributed by atoms with Crippen molar-refractivity contribution in [2.75, 3.05) is 19.1 Å². The molecule has 0 bridgehead atoms. The van der Waals surface area contributed by atoms with Gasteiger partial charge in [0, 0.05) is 5.56 Å². The van der Waals surface area contributed by atoms with Crippen LogP contribution in [0.3, 0.4) is 0 Å². The van der Waals surface area contributed by atoms with Crippen molar-refractivity contribution < 1.29 is 34.1 Å². The molecule has 0 spiro atoms. The van der Waals surface area contributed by atoms with Crippen LogP contribution in [0.5, 0.6) is 11.5 Å². The number of aromatic nitrogens is 2. The van der Waals surface area contributed by atoms with Gasteiger partial charge in [0.05, 0.1) is 42.4 Å². The molecule has 1 amide bonds. The van der Waals surface area contributed by atoms with Crippen molar-refractivity contribution >= 4 is 40.4 Å². The van der Waals surface area contributed by atoms with E-state index in [0.717, 1.165) is 5.56 Å². The van der Waals surface area contributed by atoms with Crippen LogP contribution in [0.2, 0.25) is 0 Å². The van der Waals surface area contributed by atoms with Crippen LogP contribution in [-0.4, -0.2) is 52.1 Å². The molecule has 1 aliphatic heterocycles. The highest BCUT2D eigenvalue weighted by Crippen LogP contribution is 2.42. The summed E-state index contributed by atoms with van der Waals surface area (Å²) >= 11 is 0. The average molecular weight is 514 g/mol. The molecule has 1 aromatic heterocycles. The molecular formula is C28H23N3O7. The van der Waals surface area contributed by atoms with E-state index in [1.807, 2.05) is 19.1 Å². The Labute approximate surface area is 216 Å². The number of carbonyl (C=O) groups is 3. The molecule has 1 aliphatic rings.